The van der Waals surface area contributed by atoms with Gasteiger partial charge in [-0.1, -0.05) is 37.6 Å². The van der Waals surface area contributed by atoms with Gasteiger partial charge in [-0.05, 0) is 74.0 Å². The molecule has 0 spiro atoms. The summed E-state index contributed by atoms with van der Waals surface area (Å²) in [7, 11) is 0. The number of piperidine rings is 1. The molecule has 0 radical (unpaired) electrons. The molecule has 3 atom stereocenters. The number of ether oxygens (including phenoxy) is 1. The Morgan fingerprint density at radius 3 is 1.86 bits per heavy atom. The molecule has 0 saturated carbocycles. The third-order valence-electron chi connectivity index (χ3n) is 6.28. The van der Waals surface area contributed by atoms with Gasteiger partial charge < -0.3 is 4.74 Å². The summed E-state index contributed by atoms with van der Waals surface area (Å²) in [6, 6.07) is 14.2. The maximum Gasteiger partial charge on any atom is 0.123 e. The number of halogens is 2. The SMILES string of the molecule is CCCCN1[C@@H]2CC[C@H]1CC(OC(c1ccc(F)cc1)c1ccc(F)cc1)C2. The molecule has 150 valence electrons. The standard InChI is InChI=1S/C24H29F2NO/c1-2-3-14-27-21-12-13-22(27)16-23(15-21)28-24(17-4-8-19(25)9-5-17)18-6-10-20(26)11-7-18/h4-11,21-24H,2-3,12-16H2,1H3/t21-,22+,23?. The Balaban J connectivity index is 1.52. The van der Waals surface area contributed by atoms with Crippen LogP contribution in [0.25, 0.3) is 0 Å². The number of benzene rings is 2. The van der Waals surface area contributed by atoms with E-state index in [0.717, 1.165) is 24.0 Å². The highest BCUT2D eigenvalue weighted by Gasteiger charge is 2.41. The highest BCUT2D eigenvalue weighted by Crippen LogP contribution is 2.39. The molecule has 2 aromatic rings. The zero-order chi connectivity index (χ0) is 19.5. The van der Waals surface area contributed by atoms with Gasteiger partial charge in [-0.25, -0.2) is 8.78 Å². The minimum atomic E-state index is -0.298. The average molecular weight is 385 g/mol. The number of rotatable bonds is 7. The molecule has 0 N–H and O–H groups in total. The molecule has 2 fully saturated rings. The van der Waals surface area contributed by atoms with E-state index < -0.39 is 0 Å². The average Bonchev–Trinajstić information content (AvgIpc) is 2.94. The number of nitrogens with zero attached hydrogens (tertiary/aromatic N) is 1. The van der Waals surface area contributed by atoms with Crippen LogP contribution in [0.3, 0.4) is 0 Å². The second-order valence-corrected chi connectivity index (χ2v) is 8.19. The van der Waals surface area contributed by atoms with Gasteiger partial charge in [-0.3, -0.25) is 4.90 Å². The minimum Gasteiger partial charge on any atom is -0.365 e. The van der Waals surface area contributed by atoms with E-state index in [1.54, 1.807) is 24.3 Å². The Kier molecular flexibility index (Phi) is 6.07. The summed E-state index contributed by atoms with van der Waals surface area (Å²) < 4.78 is 33.5. The third-order valence-corrected chi connectivity index (χ3v) is 6.28. The number of hydrogen-bond acceptors (Lipinski definition) is 2. The molecule has 4 heteroatoms. The topological polar surface area (TPSA) is 12.5 Å². The van der Waals surface area contributed by atoms with Gasteiger partial charge in [0.25, 0.3) is 0 Å². The Labute approximate surface area is 166 Å². The van der Waals surface area contributed by atoms with Gasteiger partial charge in [-0.15, -0.1) is 0 Å². The van der Waals surface area contributed by atoms with Crippen molar-refractivity contribution < 1.29 is 13.5 Å². The van der Waals surface area contributed by atoms with Crippen molar-refractivity contribution in [2.45, 2.75) is 69.7 Å². The fourth-order valence-corrected chi connectivity index (χ4v) is 4.86. The van der Waals surface area contributed by atoms with Crippen molar-refractivity contribution in [2.24, 2.45) is 0 Å². The smallest absolute Gasteiger partial charge is 0.123 e. The molecule has 4 rings (SSSR count). The van der Waals surface area contributed by atoms with Crippen molar-refractivity contribution in [1.29, 1.82) is 0 Å². The molecule has 2 bridgehead atoms. The normalized spacial score (nSPS) is 24.8. The quantitative estimate of drug-likeness (QED) is 0.591. The summed E-state index contributed by atoms with van der Waals surface area (Å²) in [5, 5.41) is 0. The van der Waals surface area contributed by atoms with Crippen molar-refractivity contribution >= 4 is 0 Å². The predicted molar refractivity (Wildman–Crippen MR) is 107 cm³/mol. The van der Waals surface area contributed by atoms with E-state index in [-0.39, 0.29) is 23.8 Å². The van der Waals surface area contributed by atoms with Gasteiger partial charge in [-0.2, -0.15) is 0 Å². The maximum atomic E-state index is 13.4. The fourth-order valence-electron chi connectivity index (χ4n) is 4.86. The summed E-state index contributed by atoms with van der Waals surface area (Å²) >= 11 is 0. The summed E-state index contributed by atoms with van der Waals surface area (Å²) in [6.45, 7) is 3.44. The Hall–Kier alpha value is -1.78. The Bertz CT molecular complexity index is 702. The van der Waals surface area contributed by atoms with Crippen LogP contribution in [0.4, 0.5) is 8.78 Å². The second kappa shape index (κ2) is 8.71. The minimum absolute atomic E-state index is 0.176. The van der Waals surface area contributed by atoms with E-state index in [1.165, 1.54) is 56.5 Å². The molecule has 0 aliphatic carbocycles. The summed E-state index contributed by atoms with van der Waals surface area (Å²) in [5.74, 6) is -0.521. The molecule has 28 heavy (non-hydrogen) atoms. The Morgan fingerprint density at radius 2 is 1.39 bits per heavy atom. The van der Waals surface area contributed by atoms with Crippen LogP contribution >= 0.6 is 0 Å². The summed E-state index contributed by atoms with van der Waals surface area (Å²) in [6.07, 6.45) is 6.96. The van der Waals surface area contributed by atoms with Crippen molar-refractivity contribution in [3.05, 3.63) is 71.3 Å². The molecular formula is C24H29F2NO. The van der Waals surface area contributed by atoms with Crippen LogP contribution in [-0.2, 0) is 4.74 Å². The molecule has 2 aliphatic rings. The van der Waals surface area contributed by atoms with Crippen LogP contribution in [-0.4, -0.2) is 29.6 Å². The lowest BCUT2D eigenvalue weighted by atomic mass is 9.97. The largest absolute Gasteiger partial charge is 0.365 e. The summed E-state index contributed by atoms with van der Waals surface area (Å²) in [5.41, 5.74) is 1.82. The van der Waals surface area contributed by atoms with Gasteiger partial charge >= 0.3 is 0 Å². The van der Waals surface area contributed by atoms with Crippen LogP contribution in [0.15, 0.2) is 48.5 Å². The van der Waals surface area contributed by atoms with Crippen LogP contribution in [0.1, 0.15) is 62.7 Å². The molecule has 2 heterocycles. The van der Waals surface area contributed by atoms with Gasteiger partial charge in [0.1, 0.15) is 17.7 Å². The van der Waals surface area contributed by atoms with Crippen LogP contribution in [0.2, 0.25) is 0 Å². The lowest BCUT2D eigenvalue weighted by Gasteiger charge is -2.40. The first-order valence-electron chi connectivity index (χ1n) is 10.6. The van der Waals surface area contributed by atoms with E-state index in [4.69, 9.17) is 4.74 Å². The molecule has 1 unspecified atom stereocenters. The number of unbranched alkanes of at least 4 members (excludes halogenated alkanes) is 1. The van der Waals surface area contributed by atoms with Gasteiger partial charge in [0.05, 0.1) is 6.10 Å². The maximum absolute atomic E-state index is 13.4. The lowest BCUT2D eigenvalue weighted by molar-refractivity contribution is -0.0483. The highest BCUT2D eigenvalue weighted by molar-refractivity contribution is 5.30. The van der Waals surface area contributed by atoms with Gasteiger partial charge in [0.15, 0.2) is 0 Å². The van der Waals surface area contributed by atoms with Crippen LogP contribution in [0, 0.1) is 11.6 Å². The highest BCUT2D eigenvalue weighted by atomic mass is 19.1. The first kappa shape index (κ1) is 19.5. The molecule has 2 aliphatic heterocycles. The molecule has 2 saturated heterocycles. The van der Waals surface area contributed by atoms with Crippen LogP contribution < -0.4 is 0 Å². The molecule has 2 nitrogen and oxygen atoms in total. The van der Waals surface area contributed by atoms with E-state index in [1.807, 2.05) is 0 Å². The predicted octanol–water partition coefficient (Wildman–Crippen LogP) is 5.87. The van der Waals surface area contributed by atoms with Gasteiger partial charge in [0.2, 0.25) is 0 Å². The lowest BCUT2D eigenvalue weighted by Crippen LogP contribution is -2.46. The van der Waals surface area contributed by atoms with E-state index >= 15 is 0 Å². The third kappa shape index (κ3) is 4.28. The van der Waals surface area contributed by atoms with Crippen molar-refractivity contribution in [3.8, 4) is 0 Å². The molecular weight excluding hydrogens is 356 g/mol. The zero-order valence-electron chi connectivity index (χ0n) is 16.5. The fraction of sp³-hybridized carbons (Fsp3) is 0.500. The molecule has 2 aromatic carbocycles. The van der Waals surface area contributed by atoms with Gasteiger partial charge in [0, 0.05) is 12.1 Å². The zero-order valence-corrected chi connectivity index (χ0v) is 16.5. The van der Waals surface area contributed by atoms with Crippen LogP contribution in [0.5, 0.6) is 0 Å². The van der Waals surface area contributed by atoms with Crippen molar-refractivity contribution in [2.75, 3.05) is 6.54 Å². The first-order chi connectivity index (χ1) is 13.6. The molecule has 0 aromatic heterocycles. The van der Waals surface area contributed by atoms with Crippen molar-refractivity contribution in [3.63, 3.8) is 0 Å². The van der Waals surface area contributed by atoms with E-state index in [0.29, 0.717) is 12.1 Å². The summed E-state index contributed by atoms with van der Waals surface area (Å²) in [4.78, 5) is 2.69. The van der Waals surface area contributed by atoms with Crippen molar-refractivity contribution in [1.82, 2.24) is 4.90 Å². The number of fused-ring (bicyclic) bond motifs is 2. The molecule has 0 amide bonds. The Morgan fingerprint density at radius 1 is 0.893 bits per heavy atom. The van der Waals surface area contributed by atoms with E-state index in [9.17, 15) is 8.78 Å². The monoisotopic (exact) mass is 385 g/mol. The number of hydrogen-bond donors (Lipinski definition) is 0. The first-order valence-corrected chi connectivity index (χ1v) is 10.6. The second-order valence-electron chi connectivity index (χ2n) is 8.19. The van der Waals surface area contributed by atoms with E-state index in [2.05, 4.69) is 11.8 Å².